The Morgan fingerprint density at radius 2 is 1.48 bits per heavy atom. The molecule has 1 aromatic heterocycles. The number of rotatable bonds is 4. The van der Waals surface area contributed by atoms with Gasteiger partial charge in [-0.2, -0.15) is 0 Å². The Morgan fingerprint density at radius 1 is 0.952 bits per heavy atom. The molecule has 116 valence electrons. The molecule has 0 bridgehead atoms. The highest BCUT2D eigenvalue weighted by molar-refractivity contribution is 5.84. The van der Waals surface area contributed by atoms with Crippen LogP contribution in [0.4, 0.5) is 5.88 Å². The number of hydrogen-bond acceptors (Lipinski definition) is 3. The summed E-state index contributed by atoms with van der Waals surface area (Å²) >= 11 is 0. The molecule has 1 heterocycles. The molecule has 0 atom stereocenters. The lowest BCUT2D eigenvalue weighted by molar-refractivity contribution is 0.0662. The van der Waals surface area contributed by atoms with Gasteiger partial charge in [-0.3, -0.25) is 0 Å². The minimum atomic E-state index is -0.978. The second-order valence-corrected chi connectivity index (χ2v) is 6.43. The average molecular weight is 291 g/mol. The van der Waals surface area contributed by atoms with Crippen LogP contribution in [-0.2, 0) is 0 Å². The maximum Gasteiger partial charge on any atom is 0.371 e. The van der Waals surface area contributed by atoms with Crippen LogP contribution < -0.4 is 4.90 Å². The van der Waals surface area contributed by atoms with Gasteiger partial charge in [0, 0.05) is 18.2 Å². The Bertz CT molecular complexity index is 452. The molecular formula is C17H25NO3. The third-order valence-electron chi connectivity index (χ3n) is 4.99. The molecule has 0 radical (unpaired) electrons. The Balaban J connectivity index is 1.84. The Labute approximate surface area is 126 Å². The number of aromatic carboxylic acids is 1. The standard InChI is InChI=1S/C17H25NO3/c19-17(20)15-11-12-16(21-15)18(13-7-3-1-4-8-13)14-9-5-2-6-10-14/h11-14H,1-10H2,(H,19,20). The van der Waals surface area contributed by atoms with Crippen molar-refractivity contribution in [1.29, 1.82) is 0 Å². The minimum absolute atomic E-state index is 0.0571. The molecule has 0 unspecified atom stereocenters. The third-order valence-corrected chi connectivity index (χ3v) is 4.99. The van der Waals surface area contributed by atoms with Crippen molar-refractivity contribution in [2.75, 3.05) is 4.90 Å². The molecule has 4 heteroatoms. The van der Waals surface area contributed by atoms with Crippen molar-refractivity contribution >= 4 is 11.9 Å². The van der Waals surface area contributed by atoms with Gasteiger partial charge in [-0.05, 0) is 31.7 Å². The average Bonchev–Trinajstić information content (AvgIpc) is 3.00. The summed E-state index contributed by atoms with van der Waals surface area (Å²) in [6.45, 7) is 0. The van der Waals surface area contributed by atoms with Gasteiger partial charge in [0.25, 0.3) is 0 Å². The van der Waals surface area contributed by atoms with E-state index in [4.69, 9.17) is 9.52 Å². The molecule has 0 aliphatic heterocycles. The van der Waals surface area contributed by atoms with Gasteiger partial charge in [-0.25, -0.2) is 4.79 Å². The highest BCUT2D eigenvalue weighted by atomic mass is 16.4. The fourth-order valence-electron chi connectivity index (χ4n) is 3.96. The molecule has 2 aliphatic carbocycles. The van der Waals surface area contributed by atoms with Gasteiger partial charge in [0.15, 0.2) is 5.88 Å². The van der Waals surface area contributed by atoms with Crippen LogP contribution in [-0.4, -0.2) is 23.2 Å². The number of furan rings is 1. The molecule has 1 aromatic rings. The van der Waals surface area contributed by atoms with E-state index in [2.05, 4.69) is 4.90 Å². The minimum Gasteiger partial charge on any atom is -0.475 e. The molecule has 0 amide bonds. The number of carbonyl (C=O) groups is 1. The fourth-order valence-corrected chi connectivity index (χ4v) is 3.96. The Hall–Kier alpha value is -1.45. The lowest BCUT2D eigenvalue weighted by Gasteiger charge is -2.41. The molecule has 0 aromatic carbocycles. The number of anilines is 1. The van der Waals surface area contributed by atoms with Crippen LogP contribution in [0.1, 0.15) is 74.8 Å². The lowest BCUT2D eigenvalue weighted by Crippen LogP contribution is -2.45. The summed E-state index contributed by atoms with van der Waals surface area (Å²) in [7, 11) is 0. The molecule has 4 nitrogen and oxygen atoms in total. The fraction of sp³-hybridized carbons (Fsp3) is 0.706. The summed E-state index contributed by atoms with van der Waals surface area (Å²) < 4.78 is 5.64. The van der Waals surface area contributed by atoms with Gasteiger partial charge in [0.1, 0.15) is 0 Å². The van der Waals surface area contributed by atoms with Gasteiger partial charge < -0.3 is 14.4 Å². The SMILES string of the molecule is O=C(O)c1ccc(N(C2CCCCC2)C2CCCCC2)o1. The highest BCUT2D eigenvalue weighted by Gasteiger charge is 2.31. The van der Waals surface area contributed by atoms with Crippen molar-refractivity contribution in [3.63, 3.8) is 0 Å². The van der Waals surface area contributed by atoms with Crippen molar-refractivity contribution in [3.8, 4) is 0 Å². The molecule has 21 heavy (non-hydrogen) atoms. The van der Waals surface area contributed by atoms with Crippen molar-refractivity contribution in [1.82, 2.24) is 0 Å². The van der Waals surface area contributed by atoms with Gasteiger partial charge >= 0.3 is 5.97 Å². The molecule has 2 aliphatic rings. The van der Waals surface area contributed by atoms with E-state index in [1.54, 1.807) is 6.07 Å². The van der Waals surface area contributed by atoms with Crippen LogP contribution in [0, 0.1) is 0 Å². The maximum absolute atomic E-state index is 11.1. The van der Waals surface area contributed by atoms with Gasteiger partial charge in [-0.1, -0.05) is 38.5 Å². The summed E-state index contributed by atoms with van der Waals surface area (Å²) in [6, 6.07) is 4.49. The number of carboxylic acids is 1. The molecular weight excluding hydrogens is 266 g/mol. The zero-order valence-electron chi connectivity index (χ0n) is 12.6. The lowest BCUT2D eigenvalue weighted by atomic mass is 9.89. The zero-order chi connectivity index (χ0) is 14.7. The van der Waals surface area contributed by atoms with Crippen LogP contribution >= 0.6 is 0 Å². The maximum atomic E-state index is 11.1. The first-order chi connectivity index (χ1) is 10.3. The molecule has 2 saturated carbocycles. The van der Waals surface area contributed by atoms with E-state index in [1.807, 2.05) is 6.07 Å². The van der Waals surface area contributed by atoms with E-state index >= 15 is 0 Å². The largest absolute Gasteiger partial charge is 0.475 e. The van der Waals surface area contributed by atoms with E-state index in [0.29, 0.717) is 12.1 Å². The van der Waals surface area contributed by atoms with E-state index in [1.165, 1.54) is 64.2 Å². The Kier molecular flexibility index (Phi) is 4.51. The van der Waals surface area contributed by atoms with Crippen LogP contribution in [0.25, 0.3) is 0 Å². The molecule has 0 saturated heterocycles. The van der Waals surface area contributed by atoms with Crippen molar-refractivity contribution in [3.05, 3.63) is 17.9 Å². The summed E-state index contributed by atoms with van der Waals surface area (Å²) in [4.78, 5) is 13.5. The number of carboxylic acid groups (broad SMARTS) is 1. The first-order valence-corrected chi connectivity index (χ1v) is 8.37. The predicted octanol–water partition coefficient (Wildman–Crippen LogP) is 4.45. The normalized spacial score (nSPS) is 21.3. The molecule has 1 N–H and O–H groups in total. The summed E-state index contributed by atoms with van der Waals surface area (Å²) in [6.07, 6.45) is 12.6. The van der Waals surface area contributed by atoms with E-state index in [9.17, 15) is 4.79 Å². The van der Waals surface area contributed by atoms with E-state index < -0.39 is 5.97 Å². The summed E-state index contributed by atoms with van der Waals surface area (Å²) in [5, 5.41) is 9.09. The molecule has 2 fully saturated rings. The van der Waals surface area contributed by atoms with Crippen LogP contribution in [0.5, 0.6) is 0 Å². The van der Waals surface area contributed by atoms with E-state index in [-0.39, 0.29) is 5.76 Å². The third kappa shape index (κ3) is 3.25. The van der Waals surface area contributed by atoms with Gasteiger partial charge in [-0.15, -0.1) is 0 Å². The first-order valence-electron chi connectivity index (χ1n) is 8.37. The quantitative estimate of drug-likeness (QED) is 0.890. The van der Waals surface area contributed by atoms with Crippen molar-refractivity contribution in [2.45, 2.75) is 76.3 Å². The molecule has 3 rings (SSSR count). The predicted molar refractivity (Wildman–Crippen MR) is 81.9 cm³/mol. The number of nitrogens with zero attached hydrogens (tertiary/aromatic N) is 1. The summed E-state index contributed by atoms with van der Waals surface area (Å²) in [5.74, 6) is -0.152. The smallest absolute Gasteiger partial charge is 0.371 e. The van der Waals surface area contributed by atoms with Gasteiger partial charge in [0.2, 0.25) is 5.76 Å². The van der Waals surface area contributed by atoms with E-state index in [0.717, 1.165) is 5.88 Å². The van der Waals surface area contributed by atoms with Gasteiger partial charge in [0.05, 0.1) is 0 Å². The zero-order valence-corrected chi connectivity index (χ0v) is 12.6. The first kappa shape index (κ1) is 14.5. The Morgan fingerprint density at radius 3 is 1.90 bits per heavy atom. The highest BCUT2D eigenvalue weighted by Crippen LogP contribution is 2.35. The topological polar surface area (TPSA) is 53.7 Å². The van der Waals surface area contributed by atoms with Crippen LogP contribution in [0.15, 0.2) is 16.5 Å². The second kappa shape index (κ2) is 6.54. The van der Waals surface area contributed by atoms with Crippen molar-refractivity contribution < 1.29 is 14.3 Å². The van der Waals surface area contributed by atoms with Crippen LogP contribution in [0.3, 0.4) is 0 Å². The summed E-state index contributed by atoms with van der Waals surface area (Å²) in [5.41, 5.74) is 0. The van der Waals surface area contributed by atoms with Crippen LogP contribution in [0.2, 0.25) is 0 Å². The number of hydrogen-bond donors (Lipinski definition) is 1. The monoisotopic (exact) mass is 291 g/mol. The second-order valence-electron chi connectivity index (χ2n) is 6.43. The van der Waals surface area contributed by atoms with Crippen molar-refractivity contribution in [2.24, 2.45) is 0 Å². The molecule has 0 spiro atoms.